The molecule has 0 aliphatic carbocycles. The Labute approximate surface area is 79.5 Å². The summed E-state index contributed by atoms with van der Waals surface area (Å²) in [4.78, 5) is 13.7. The Morgan fingerprint density at radius 2 is 2.31 bits per heavy atom. The van der Waals surface area contributed by atoms with Crippen molar-refractivity contribution in [2.75, 3.05) is 13.1 Å². The number of piperidine rings is 1. The van der Waals surface area contributed by atoms with Gasteiger partial charge >= 0.3 is 0 Å². The van der Waals surface area contributed by atoms with Crippen LogP contribution in [0.1, 0.15) is 32.6 Å². The minimum absolute atomic E-state index is 0.343. The third-order valence-electron chi connectivity index (χ3n) is 3.09. The predicted molar refractivity (Wildman–Crippen MR) is 51.1 cm³/mol. The van der Waals surface area contributed by atoms with Crippen molar-refractivity contribution in [3.63, 3.8) is 0 Å². The summed E-state index contributed by atoms with van der Waals surface area (Å²) in [6.07, 6.45) is 4.51. The van der Waals surface area contributed by atoms with Crippen LogP contribution in [0.2, 0.25) is 0 Å². The molecular formula is C10H18N2O. The van der Waals surface area contributed by atoms with Crippen molar-refractivity contribution in [1.82, 2.24) is 10.2 Å². The van der Waals surface area contributed by atoms with E-state index in [4.69, 9.17) is 0 Å². The lowest BCUT2D eigenvalue weighted by Crippen LogP contribution is -2.49. The van der Waals surface area contributed by atoms with Gasteiger partial charge in [-0.2, -0.15) is 0 Å². The highest BCUT2D eigenvalue weighted by molar-refractivity contribution is 5.77. The van der Waals surface area contributed by atoms with E-state index < -0.39 is 0 Å². The molecule has 0 saturated carbocycles. The zero-order valence-corrected chi connectivity index (χ0v) is 8.25. The van der Waals surface area contributed by atoms with E-state index in [1.807, 2.05) is 4.90 Å². The number of likely N-dealkylation sites (tertiary alicyclic amines) is 1. The molecule has 0 spiro atoms. The van der Waals surface area contributed by atoms with E-state index in [1.54, 1.807) is 0 Å². The average molecular weight is 182 g/mol. The molecule has 1 N–H and O–H groups in total. The largest absolute Gasteiger partial charge is 0.327 e. The molecule has 3 nitrogen and oxygen atoms in total. The van der Waals surface area contributed by atoms with E-state index in [0.29, 0.717) is 18.0 Å². The Morgan fingerprint density at radius 1 is 1.46 bits per heavy atom. The number of carbonyl (C=O) groups excluding carboxylic acids is 1. The first-order chi connectivity index (χ1) is 6.27. The van der Waals surface area contributed by atoms with Crippen LogP contribution in [-0.4, -0.2) is 30.1 Å². The van der Waals surface area contributed by atoms with Gasteiger partial charge in [0.1, 0.15) is 0 Å². The lowest BCUT2D eigenvalue weighted by molar-refractivity contribution is -0.137. The van der Waals surface area contributed by atoms with Crippen LogP contribution in [0.15, 0.2) is 0 Å². The number of amides is 1. The van der Waals surface area contributed by atoms with Crippen LogP contribution < -0.4 is 5.32 Å². The van der Waals surface area contributed by atoms with Crippen molar-refractivity contribution in [1.29, 1.82) is 0 Å². The van der Waals surface area contributed by atoms with Crippen LogP contribution in [0.25, 0.3) is 0 Å². The summed E-state index contributed by atoms with van der Waals surface area (Å²) < 4.78 is 0. The average Bonchev–Trinajstić information content (AvgIpc) is 2.61. The van der Waals surface area contributed by atoms with Crippen molar-refractivity contribution in [3.05, 3.63) is 0 Å². The van der Waals surface area contributed by atoms with E-state index in [-0.39, 0.29) is 0 Å². The molecule has 74 valence electrons. The van der Waals surface area contributed by atoms with Crippen molar-refractivity contribution in [3.8, 4) is 0 Å². The molecule has 2 unspecified atom stereocenters. The second-order valence-corrected chi connectivity index (χ2v) is 4.30. The Bertz CT molecular complexity index is 199. The van der Waals surface area contributed by atoms with Crippen molar-refractivity contribution in [2.24, 2.45) is 5.92 Å². The number of hydrogen-bond acceptors (Lipinski definition) is 2. The Hall–Kier alpha value is -0.570. The van der Waals surface area contributed by atoms with Crippen molar-refractivity contribution in [2.45, 2.75) is 38.8 Å². The van der Waals surface area contributed by atoms with Gasteiger partial charge in [-0.15, -0.1) is 0 Å². The lowest BCUT2D eigenvalue weighted by atomic mass is 9.99. The summed E-state index contributed by atoms with van der Waals surface area (Å²) in [5, 5.41) is 3.38. The number of carbonyl (C=O) groups is 1. The molecule has 0 aromatic carbocycles. The molecule has 2 fully saturated rings. The maximum Gasteiger partial charge on any atom is 0.223 e. The molecule has 2 aliphatic rings. The molecule has 2 aliphatic heterocycles. The maximum atomic E-state index is 11.6. The van der Waals surface area contributed by atoms with E-state index in [2.05, 4.69) is 12.2 Å². The van der Waals surface area contributed by atoms with Crippen LogP contribution in [-0.2, 0) is 4.79 Å². The predicted octanol–water partition coefficient (Wildman–Crippen LogP) is 0.954. The Kier molecular flexibility index (Phi) is 2.54. The summed E-state index contributed by atoms with van der Waals surface area (Å²) in [6.45, 7) is 4.26. The highest BCUT2D eigenvalue weighted by atomic mass is 16.2. The van der Waals surface area contributed by atoms with Crippen LogP contribution in [0, 0.1) is 5.92 Å². The van der Waals surface area contributed by atoms with E-state index in [9.17, 15) is 4.79 Å². The molecule has 0 bridgehead atoms. The van der Waals surface area contributed by atoms with Gasteiger partial charge in [-0.1, -0.05) is 6.92 Å². The second-order valence-electron chi connectivity index (χ2n) is 4.30. The van der Waals surface area contributed by atoms with Crippen molar-refractivity contribution < 1.29 is 4.79 Å². The smallest absolute Gasteiger partial charge is 0.223 e. The minimum Gasteiger partial charge on any atom is -0.327 e. The van der Waals surface area contributed by atoms with Crippen LogP contribution in [0.4, 0.5) is 0 Å². The molecular weight excluding hydrogens is 164 g/mol. The molecule has 2 saturated heterocycles. The summed E-state index contributed by atoms with van der Waals surface area (Å²) in [7, 11) is 0. The SMILES string of the molecule is CC1CCC(=O)N(C2CCCN2)C1. The summed E-state index contributed by atoms with van der Waals surface area (Å²) in [6, 6.07) is 0. The molecule has 1 amide bonds. The first kappa shape index (κ1) is 9.00. The van der Waals surface area contributed by atoms with Gasteiger partial charge in [0.05, 0.1) is 6.17 Å². The highest BCUT2D eigenvalue weighted by Crippen LogP contribution is 2.21. The fourth-order valence-corrected chi connectivity index (χ4v) is 2.28. The van der Waals surface area contributed by atoms with Gasteiger partial charge in [-0.3, -0.25) is 10.1 Å². The summed E-state index contributed by atoms with van der Waals surface area (Å²) >= 11 is 0. The fourth-order valence-electron chi connectivity index (χ4n) is 2.28. The normalized spacial score (nSPS) is 35.5. The first-order valence-corrected chi connectivity index (χ1v) is 5.30. The highest BCUT2D eigenvalue weighted by Gasteiger charge is 2.30. The van der Waals surface area contributed by atoms with Gasteiger partial charge in [0.2, 0.25) is 5.91 Å². The molecule has 0 aromatic heterocycles. The van der Waals surface area contributed by atoms with Gasteiger partial charge < -0.3 is 4.90 Å². The summed E-state index contributed by atoms with van der Waals surface area (Å²) in [5.41, 5.74) is 0. The van der Waals surface area contributed by atoms with Crippen LogP contribution in [0.3, 0.4) is 0 Å². The van der Waals surface area contributed by atoms with Crippen LogP contribution in [0.5, 0.6) is 0 Å². The molecule has 2 heterocycles. The monoisotopic (exact) mass is 182 g/mol. The number of hydrogen-bond donors (Lipinski definition) is 1. The summed E-state index contributed by atoms with van der Waals surface area (Å²) in [5.74, 6) is 1.03. The molecule has 2 rings (SSSR count). The van der Waals surface area contributed by atoms with Gasteiger partial charge in [-0.25, -0.2) is 0 Å². The number of rotatable bonds is 1. The molecule has 0 aromatic rings. The van der Waals surface area contributed by atoms with Gasteiger partial charge in [0.15, 0.2) is 0 Å². The van der Waals surface area contributed by atoms with Crippen LogP contribution >= 0.6 is 0 Å². The zero-order valence-electron chi connectivity index (χ0n) is 8.25. The molecule has 2 atom stereocenters. The third kappa shape index (κ3) is 1.85. The molecule has 13 heavy (non-hydrogen) atoms. The second kappa shape index (κ2) is 3.66. The topological polar surface area (TPSA) is 32.3 Å². The quantitative estimate of drug-likeness (QED) is 0.655. The van der Waals surface area contributed by atoms with Gasteiger partial charge in [-0.05, 0) is 31.7 Å². The van der Waals surface area contributed by atoms with E-state index >= 15 is 0 Å². The fraction of sp³-hybridized carbons (Fsp3) is 0.900. The molecule has 3 heteroatoms. The number of nitrogens with zero attached hydrogens (tertiary/aromatic N) is 1. The Balaban J connectivity index is 1.98. The zero-order chi connectivity index (χ0) is 9.26. The third-order valence-corrected chi connectivity index (χ3v) is 3.09. The van der Waals surface area contributed by atoms with E-state index in [1.165, 1.54) is 6.42 Å². The minimum atomic E-state index is 0.343. The van der Waals surface area contributed by atoms with E-state index in [0.717, 1.165) is 32.4 Å². The number of nitrogens with one attached hydrogen (secondary N) is 1. The standard InChI is InChI=1S/C10H18N2O/c1-8-4-5-10(13)12(7-8)9-3-2-6-11-9/h8-9,11H,2-7H2,1H3. The van der Waals surface area contributed by atoms with Crippen molar-refractivity contribution >= 4 is 5.91 Å². The van der Waals surface area contributed by atoms with Gasteiger partial charge in [0, 0.05) is 13.0 Å². The van der Waals surface area contributed by atoms with Gasteiger partial charge in [0.25, 0.3) is 0 Å². The maximum absolute atomic E-state index is 11.6. The first-order valence-electron chi connectivity index (χ1n) is 5.30. The Morgan fingerprint density at radius 3 is 3.00 bits per heavy atom. The lowest BCUT2D eigenvalue weighted by Gasteiger charge is -2.35. The molecule has 0 radical (unpaired) electrons.